The van der Waals surface area contributed by atoms with Crippen LogP contribution in [0.25, 0.3) is 0 Å². The first kappa shape index (κ1) is 15.3. The second-order valence-corrected chi connectivity index (χ2v) is 5.95. The molecule has 2 aromatic rings. The molecule has 0 aliphatic carbocycles. The Balaban J connectivity index is 2.03. The molecule has 0 unspecified atom stereocenters. The number of ether oxygens (including phenoxy) is 2. The molecular weight excluding hydrogens is 294 g/mol. The van der Waals surface area contributed by atoms with Crippen LogP contribution in [0.3, 0.4) is 0 Å². The molecule has 0 saturated carbocycles. The zero-order valence-corrected chi connectivity index (χ0v) is 12.6. The lowest BCUT2D eigenvalue weighted by molar-refractivity contribution is 0.146. The van der Waals surface area contributed by atoms with E-state index in [0.717, 1.165) is 0 Å². The Morgan fingerprint density at radius 1 is 1.24 bits per heavy atom. The Hall–Kier alpha value is -2.06. The van der Waals surface area contributed by atoms with Crippen LogP contribution in [0.15, 0.2) is 35.5 Å². The van der Waals surface area contributed by atoms with E-state index < -0.39 is 10.0 Å². The third-order valence-corrected chi connectivity index (χ3v) is 3.92. The maximum absolute atomic E-state index is 12.1. The van der Waals surface area contributed by atoms with E-state index in [1.54, 1.807) is 38.3 Å². The molecule has 2 rings (SSSR count). The van der Waals surface area contributed by atoms with E-state index in [9.17, 15) is 8.42 Å². The Morgan fingerprint density at radius 3 is 2.52 bits per heavy atom. The lowest BCUT2D eigenvalue weighted by Gasteiger charge is -2.08. The van der Waals surface area contributed by atoms with Crippen LogP contribution in [-0.4, -0.2) is 38.7 Å². The summed E-state index contributed by atoms with van der Waals surface area (Å²) in [5.41, 5.74) is 0.446. The van der Waals surface area contributed by atoms with E-state index in [1.165, 1.54) is 6.20 Å². The van der Waals surface area contributed by atoms with Gasteiger partial charge in [-0.15, -0.1) is 0 Å². The van der Waals surface area contributed by atoms with Gasteiger partial charge in [-0.25, -0.2) is 4.98 Å². The minimum Gasteiger partial charge on any atom is -0.491 e. The first-order valence-electron chi connectivity index (χ1n) is 6.27. The zero-order chi connectivity index (χ0) is 15.3. The van der Waals surface area contributed by atoms with Crippen LogP contribution in [-0.2, 0) is 14.8 Å². The molecule has 21 heavy (non-hydrogen) atoms. The highest BCUT2D eigenvalue weighted by atomic mass is 32.2. The van der Waals surface area contributed by atoms with Crippen LogP contribution in [0.4, 0.5) is 5.69 Å². The van der Waals surface area contributed by atoms with Crippen molar-refractivity contribution in [1.82, 2.24) is 9.97 Å². The fourth-order valence-electron chi connectivity index (χ4n) is 1.61. The number of nitrogens with one attached hydrogen (secondary N) is 2. The molecule has 0 saturated heterocycles. The Bertz CT molecular complexity index is 680. The average molecular weight is 311 g/mol. The summed E-state index contributed by atoms with van der Waals surface area (Å²) >= 11 is 0. The normalized spacial score (nSPS) is 11.3. The lowest BCUT2D eigenvalue weighted by Crippen LogP contribution is -2.13. The van der Waals surface area contributed by atoms with Crippen molar-refractivity contribution in [2.24, 2.45) is 0 Å². The number of nitrogens with zero attached hydrogens (tertiary/aromatic N) is 1. The molecule has 0 atom stereocenters. The quantitative estimate of drug-likeness (QED) is 0.757. The fraction of sp³-hybridized carbons (Fsp3) is 0.308. The maximum Gasteiger partial charge on any atom is 0.278 e. The largest absolute Gasteiger partial charge is 0.491 e. The van der Waals surface area contributed by atoms with Crippen LogP contribution in [0.5, 0.6) is 5.75 Å². The highest BCUT2D eigenvalue weighted by Crippen LogP contribution is 2.18. The number of hydrogen-bond donors (Lipinski definition) is 2. The van der Waals surface area contributed by atoms with Crippen molar-refractivity contribution in [2.75, 3.05) is 25.0 Å². The van der Waals surface area contributed by atoms with Gasteiger partial charge in [0.05, 0.1) is 12.8 Å². The van der Waals surface area contributed by atoms with Crippen LogP contribution >= 0.6 is 0 Å². The predicted molar refractivity (Wildman–Crippen MR) is 77.9 cm³/mol. The van der Waals surface area contributed by atoms with Crippen molar-refractivity contribution in [1.29, 1.82) is 0 Å². The molecule has 0 aliphatic rings. The first-order valence-corrected chi connectivity index (χ1v) is 7.76. The summed E-state index contributed by atoms with van der Waals surface area (Å²) in [4.78, 5) is 6.56. The summed E-state index contributed by atoms with van der Waals surface area (Å²) in [6, 6.07) is 6.63. The number of aromatic nitrogens is 2. The molecule has 0 bridgehead atoms. The number of hydrogen-bond acceptors (Lipinski definition) is 5. The van der Waals surface area contributed by atoms with E-state index in [4.69, 9.17) is 9.47 Å². The van der Waals surface area contributed by atoms with Gasteiger partial charge < -0.3 is 14.5 Å². The van der Waals surface area contributed by atoms with Gasteiger partial charge in [0.25, 0.3) is 10.0 Å². The second kappa shape index (κ2) is 6.59. The third-order valence-electron chi connectivity index (χ3n) is 2.63. The molecule has 1 aromatic carbocycles. The van der Waals surface area contributed by atoms with Gasteiger partial charge in [0.1, 0.15) is 18.2 Å². The number of imidazole rings is 1. The molecule has 114 valence electrons. The molecule has 0 aliphatic heterocycles. The van der Waals surface area contributed by atoms with Gasteiger partial charge in [-0.2, -0.15) is 8.42 Å². The minimum absolute atomic E-state index is 0.0282. The molecule has 0 radical (unpaired) electrons. The molecule has 7 nitrogen and oxygen atoms in total. The molecular formula is C13H17N3O4S. The van der Waals surface area contributed by atoms with Crippen molar-refractivity contribution >= 4 is 15.7 Å². The summed E-state index contributed by atoms with van der Waals surface area (Å²) in [6.45, 7) is 2.62. The van der Waals surface area contributed by atoms with E-state index in [0.29, 0.717) is 30.5 Å². The second-order valence-electron chi connectivity index (χ2n) is 4.30. The van der Waals surface area contributed by atoms with Crippen LogP contribution in [0.2, 0.25) is 0 Å². The number of benzene rings is 1. The van der Waals surface area contributed by atoms with Gasteiger partial charge in [-0.1, -0.05) is 0 Å². The van der Waals surface area contributed by atoms with Crippen molar-refractivity contribution < 1.29 is 17.9 Å². The van der Waals surface area contributed by atoms with Gasteiger partial charge in [0.2, 0.25) is 0 Å². The molecule has 0 amide bonds. The topological polar surface area (TPSA) is 93.3 Å². The summed E-state index contributed by atoms with van der Waals surface area (Å²) in [6.07, 6.45) is 1.28. The lowest BCUT2D eigenvalue weighted by atomic mass is 10.3. The summed E-state index contributed by atoms with van der Waals surface area (Å²) in [5, 5.41) is 0.0282. The summed E-state index contributed by atoms with van der Waals surface area (Å²) in [7, 11) is -2.06. The third kappa shape index (κ3) is 4.20. The van der Waals surface area contributed by atoms with Crippen molar-refractivity contribution in [3.63, 3.8) is 0 Å². The molecule has 2 N–H and O–H groups in total. The SMILES string of the molecule is COCCOc1ccc(NS(=O)(=O)c2cnc(C)[nH]2)cc1. The number of aromatic amines is 1. The van der Waals surface area contributed by atoms with Crippen molar-refractivity contribution in [3.05, 3.63) is 36.3 Å². The highest BCUT2D eigenvalue weighted by Gasteiger charge is 2.16. The number of aryl methyl sites for hydroxylation is 1. The van der Waals surface area contributed by atoms with Crippen LogP contribution in [0, 0.1) is 6.92 Å². The number of anilines is 1. The van der Waals surface area contributed by atoms with Crippen molar-refractivity contribution in [3.8, 4) is 5.75 Å². The molecule has 8 heteroatoms. The van der Waals surface area contributed by atoms with Crippen LogP contribution in [0.1, 0.15) is 5.82 Å². The van der Waals surface area contributed by atoms with Gasteiger partial charge >= 0.3 is 0 Å². The summed E-state index contributed by atoms with van der Waals surface area (Å²) in [5.74, 6) is 1.18. The summed E-state index contributed by atoms with van der Waals surface area (Å²) < 4.78 is 36.9. The molecule has 1 aromatic heterocycles. The molecule has 0 fully saturated rings. The van der Waals surface area contributed by atoms with E-state index in [1.807, 2.05) is 0 Å². The Labute approximate surface area is 123 Å². The molecule has 1 heterocycles. The average Bonchev–Trinajstić information content (AvgIpc) is 2.88. The smallest absolute Gasteiger partial charge is 0.278 e. The minimum atomic E-state index is -3.66. The van der Waals surface area contributed by atoms with E-state index in [2.05, 4.69) is 14.7 Å². The maximum atomic E-state index is 12.1. The molecule has 0 spiro atoms. The standard InChI is InChI=1S/C13H17N3O4S/c1-10-14-9-13(15-10)21(17,18)16-11-3-5-12(6-4-11)20-8-7-19-2/h3-6,9,16H,7-8H2,1-2H3,(H,14,15). The highest BCUT2D eigenvalue weighted by molar-refractivity contribution is 7.92. The van der Waals surface area contributed by atoms with Gasteiger partial charge in [-0.3, -0.25) is 4.72 Å². The van der Waals surface area contributed by atoms with Crippen LogP contribution < -0.4 is 9.46 Å². The van der Waals surface area contributed by atoms with E-state index in [-0.39, 0.29) is 5.03 Å². The number of H-pyrrole nitrogens is 1. The zero-order valence-electron chi connectivity index (χ0n) is 11.8. The van der Waals surface area contributed by atoms with E-state index >= 15 is 0 Å². The number of rotatable bonds is 7. The first-order chi connectivity index (χ1) is 10.0. The van der Waals surface area contributed by atoms with Gasteiger partial charge in [0.15, 0.2) is 5.03 Å². The number of methoxy groups -OCH3 is 1. The Kier molecular flexibility index (Phi) is 4.81. The number of sulfonamides is 1. The Morgan fingerprint density at radius 2 is 1.95 bits per heavy atom. The predicted octanol–water partition coefficient (Wildman–Crippen LogP) is 1.54. The fourth-order valence-corrected chi connectivity index (χ4v) is 2.64. The van der Waals surface area contributed by atoms with Crippen molar-refractivity contribution in [2.45, 2.75) is 11.9 Å². The monoisotopic (exact) mass is 311 g/mol. The van der Waals surface area contributed by atoms with Gasteiger partial charge in [0, 0.05) is 12.8 Å². The van der Waals surface area contributed by atoms with Gasteiger partial charge in [-0.05, 0) is 31.2 Å².